The van der Waals surface area contributed by atoms with Crippen molar-refractivity contribution in [1.29, 1.82) is 0 Å². The Balaban J connectivity index is 1.31. The highest BCUT2D eigenvalue weighted by Gasteiger charge is 2.46. The van der Waals surface area contributed by atoms with Crippen LogP contribution in [0.2, 0.25) is 5.02 Å². The molecule has 0 radical (unpaired) electrons. The predicted octanol–water partition coefficient (Wildman–Crippen LogP) is 5.73. The summed E-state index contributed by atoms with van der Waals surface area (Å²) in [6.45, 7) is 3.30. The zero-order valence-corrected chi connectivity index (χ0v) is 25.3. The van der Waals surface area contributed by atoms with Crippen LogP contribution in [-0.4, -0.2) is 62.7 Å². The Labute approximate surface area is 266 Å². The van der Waals surface area contributed by atoms with Crippen molar-refractivity contribution < 1.29 is 32.2 Å². The highest BCUT2D eigenvalue weighted by Crippen LogP contribution is 2.43. The maximum atomic E-state index is 14.8. The van der Waals surface area contributed by atoms with Gasteiger partial charge in [0.05, 0.1) is 16.4 Å². The van der Waals surface area contributed by atoms with Crippen LogP contribution in [0.1, 0.15) is 36.6 Å². The van der Waals surface area contributed by atoms with Crippen molar-refractivity contribution in [3.05, 3.63) is 76.8 Å². The van der Waals surface area contributed by atoms with Crippen LogP contribution in [0, 0.1) is 18.2 Å². The standard InChI is InChI=1S/C31H30ClF4N7O3/c1-17-6-9-43(41-17)24-13-19(18-3-5-22(33)21(32)12-18)2-4-20(24)27(31(34,35)36)46-26-14-25(39-29(37)40-26)42-10-7-30(8-11-42)15-23(28(44)45)38-16-30/h2-6,9,12-14,23,27,38H,7-8,10-11,15-16H2,1H3,(H,44,45)(H2,37,39,40). The summed E-state index contributed by atoms with van der Waals surface area (Å²) in [7, 11) is 0. The van der Waals surface area contributed by atoms with E-state index in [0.717, 1.165) is 0 Å². The molecule has 2 saturated heterocycles. The molecule has 2 aromatic carbocycles. The number of hydrogen-bond donors (Lipinski definition) is 3. The van der Waals surface area contributed by atoms with Crippen LogP contribution in [-0.2, 0) is 4.79 Å². The van der Waals surface area contributed by atoms with Crippen molar-refractivity contribution in [3.63, 3.8) is 0 Å². The molecule has 2 aromatic heterocycles. The van der Waals surface area contributed by atoms with E-state index in [9.17, 15) is 27.5 Å². The maximum absolute atomic E-state index is 14.8. The Morgan fingerprint density at radius 1 is 1.13 bits per heavy atom. The van der Waals surface area contributed by atoms with Crippen molar-refractivity contribution >= 4 is 29.3 Å². The quantitative estimate of drug-likeness (QED) is 0.213. The molecule has 2 aliphatic rings. The third-order valence-electron chi connectivity index (χ3n) is 8.58. The number of aliphatic carboxylic acids is 1. The Morgan fingerprint density at radius 3 is 2.48 bits per heavy atom. The van der Waals surface area contributed by atoms with E-state index in [1.54, 1.807) is 13.0 Å². The van der Waals surface area contributed by atoms with Crippen molar-refractivity contribution in [2.45, 2.75) is 44.5 Å². The lowest BCUT2D eigenvalue weighted by Gasteiger charge is -2.39. The fourth-order valence-electron chi connectivity index (χ4n) is 6.13. The Hall–Kier alpha value is -4.43. The number of halogens is 5. The van der Waals surface area contributed by atoms with Gasteiger partial charge in [0.2, 0.25) is 17.9 Å². The third-order valence-corrected chi connectivity index (χ3v) is 8.87. The number of anilines is 2. The number of piperidine rings is 1. The normalized spacial score (nSPS) is 18.6. The van der Waals surface area contributed by atoms with E-state index >= 15 is 0 Å². The maximum Gasteiger partial charge on any atom is 0.429 e. The molecule has 15 heteroatoms. The number of alkyl halides is 3. The molecule has 242 valence electrons. The molecule has 46 heavy (non-hydrogen) atoms. The van der Waals surface area contributed by atoms with Gasteiger partial charge in [-0.05, 0) is 67.0 Å². The molecule has 2 fully saturated rings. The minimum Gasteiger partial charge on any atom is -0.480 e. The number of nitrogen functional groups attached to an aromatic ring is 1. The first-order chi connectivity index (χ1) is 21.8. The number of benzene rings is 2. The first kappa shape index (κ1) is 31.5. The second-order valence-corrected chi connectivity index (χ2v) is 12.1. The summed E-state index contributed by atoms with van der Waals surface area (Å²) >= 11 is 5.97. The van der Waals surface area contributed by atoms with Crippen LogP contribution in [0.25, 0.3) is 16.8 Å². The monoisotopic (exact) mass is 659 g/mol. The van der Waals surface area contributed by atoms with Crippen LogP contribution < -0.4 is 20.7 Å². The molecule has 0 saturated carbocycles. The van der Waals surface area contributed by atoms with E-state index in [-0.39, 0.29) is 33.5 Å². The summed E-state index contributed by atoms with van der Waals surface area (Å²) in [5.74, 6) is -1.82. The van der Waals surface area contributed by atoms with E-state index in [4.69, 9.17) is 22.1 Å². The Kier molecular flexibility index (Phi) is 8.27. The topological polar surface area (TPSA) is 131 Å². The average molecular weight is 660 g/mol. The minimum atomic E-state index is -4.88. The molecule has 0 bridgehead atoms. The minimum absolute atomic E-state index is 0.0850. The van der Waals surface area contributed by atoms with Gasteiger partial charge >= 0.3 is 12.1 Å². The summed E-state index contributed by atoms with van der Waals surface area (Å²) in [5.41, 5.74) is 7.18. The van der Waals surface area contributed by atoms with Gasteiger partial charge in [0.15, 0.2) is 0 Å². The number of carboxylic acid groups (broad SMARTS) is 1. The first-order valence-corrected chi connectivity index (χ1v) is 14.9. The fraction of sp³-hybridized carbons (Fsp3) is 0.355. The molecular weight excluding hydrogens is 630 g/mol. The van der Waals surface area contributed by atoms with Crippen molar-refractivity contribution in [1.82, 2.24) is 25.1 Å². The molecule has 4 aromatic rings. The molecule has 0 amide bonds. The van der Waals surface area contributed by atoms with Crippen LogP contribution >= 0.6 is 11.6 Å². The van der Waals surface area contributed by atoms with Crippen molar-refractivity contribution in [2.75, 3.05) is 30.3 Å². The molecule has 1 spiro atoms. The SMILES string of the molecule is Cc1ccn(-c2cc(-c3ccc(F)c(Cl)c3)ccc2C(Oc2cc(N3CCC4(CC3)CNC(C(=O)O)C4)nc(N)n2)C(F)(F)F)n1. The first-order valence-electron chi connectivity index (χ1n) is 14.5. The number of nitrogens with one attached hydrogen (secondary N) is 1. The highest BCUT2D eigenvalue weighted by molar-refractivity contribution is 6.31. The van der Waals surface area contributed by atoms with Crippen LogP contribution in [0.5, 0.6) is 5.88 Å². The van der Waals surface area contributed by atoms with E-state index in [2.05, 4.69) is 20.4 Å². The number of nitrogens with two attached hydrogens (primary N) is 1. The molecule has 4 heterocycles. The zero-order chi connectivity index (χ0) is 32.8. The molecule has 2 unspecified atom stereocenters. The largest absolute Gasteiger partial charge is 0.480 e. The van der Waals surface area contributed by atoms with E-state index in [1.807, 2.05) is 4.90 Å². The highest BCUT2D eigenvalue weighted by atomic mass is 35.5. The van der Waals surface area contributed by atoms with Crippen LogP contribution in [0.4, 0.5) is 29.3 Å². The van der Waals surface area contributed by atoms with Gasteiger partial charge in [-0.1, -0.05) is 29.8 Å². The lowest BCUT2D eigenvalue weighted by Crippen LogP contribution is -2.41. The number of rotatable bonds is 7. The molecular formula is C31H30ClF4N7O3. The van der Waals surface area contributed by atoms with Gasteiger partial charge in [-0.3, -0.25) is 4.79 Å². The molecule has 4 N–H and O–H groups in total. The van der Waals surface area contributed by atoms with Crippen molar-refractivity contribution in [2.24, 2.45) is 5.41 Å². The van der Waals surface area contributed by atoms with Gasteiger partial charge in [0, 0.05) is 37.5 Å². The summed E-state index contributed by atoms with van der Waals surface area (Å²) in [4.78, 5) is 21.5. The summed E-state index contributed by atoms with van der Waals surface area (Å²) in [6.07, 6.45) is -3.96. The van der Waals surface area contributed by atoms with Crippen molar-refractivity contribution in [3.8, 4) is 22.7 Å². The van der Waals surface area contributed by atoms with Gasteiger partial charge in [-0.2, -0.15) is 28.2 Å². The third kappa shape index (κ3) is 6.44. The smallest absolute Gasteiger partial charge is 0.429 e. The lowest BCUT2D eigenvalue weighted by atomic mass is 9.76. The van der Waals surface area contributed by atoms with Gasteiger partial charge in [0.1, 0.15) is 17.7 Å². The Bertz CT molecular complexity index is 1780. The second kappa shape index (κ2) is 12.1. The molecule has 6 rings (SSSR count). The number of hydrogen-bond acceptors (Lipinski definition) is 8. The van der Waals surface area contributed by atoms with Gasteiger partial charge in [0.25, 0.3) is 0 Å². The van der Waals surface area contributed by atoms with Crippen LogP contribution in [0.15, 0.2) is 54.7 Å². The summed E-state index contributed by atoms with van der Waals surface area (Å²) in [6, 6.07) is 10.7. The van der Waals surface area contributed by atoms with Crippen LogP contribution in [0.3, 0.4) is 0 Å². The zero-order valence-electron chi connectivity index (χ0n) is 24.6. The average Bonchev–Trinajstić information content (AvgIpc) is 3.63. The van der Waals surface area contributed by atoms with Gasteiger partial charge in [-0.25, -0.2) is 9.07 Å². The molecule has 0 aliphatic carbocycles. The summed E-state index contributed by atoms with van der Waals surface area (Å²) < 4.78 is 65.1. The number of nitrogens with zero attached hydrogens (tertiary/aromatic N) is 5. The fourth-order valence-corrected chi connectivity index (χ4v) is 6.31. The van der Waals surface area contributed by atoms with E-state index in [0.29, 0.717) is 61.5 Å². The number of carbonyl (C=O) groups is 1. The molecule has 2 aliphatic heterocycles. The number of aromatic nitrogens is 4. The number of aryl methyl sites for hydroxylation is 1. The number of carboxylic acids is 1. The van der Waals surface area contributed by atoms with E-state index < -0.39 is 30.1 Å². The second-order valence-electron chi connectivity index (χ2n) is 11.7. The molecule has 10 nitrogen and oxygen atoms in total. The summed E-state index contributed by atoms with van der Waals surface area (Å²) in [5, 5.41) is 16.6. The number of ether oxygens (including phenoxy) is 1. The van der Waals surface area contributed by atoms with E-state index in [1.165, 1.54) is 53.3 Å². The predicted molar refractivity (Wildman–Crippen MR) is 162 cm³/mol. The Morgan fingerprint density at radius 2 is 1.85 bits per heavy atom. The lowest BCUT2D eigenvalue weighted by molar-refractivity contribution is -0.198. The van der Waals surface area contributed by atoms with Gasteiger partial charge < -0.3 is 25.8 Å². The van der Waals surface area contributed by atoms with Gasteiger partial charge in [-0.15, -0.1) is 0 Å². The molecule has 2 atom stereocenters.